The average Bonchev–Trinajstić information content (AvgIpc) is 2.75. The van der Waals surface area contributed by atoms with Gasteiger partial charge in [-0.2, -0.15) is 4.31 Å². The first kappa shape index (κ1) is 23.9. The van der Waals surface area contributed by atoms with Crippen molar-refractivity contribution >= 4 is 39.1 Å². The topological polar surface area (TPSA) is 75.7 Å². The average molecular weight is 485 g/mol. The molecule has 1 fully saturated rings. The van der Waals surface area contributed by atoms with Gasteiger partial charge in [0.05, 0.1) is 18.6 Å². The molecule has 0 spiro atoms. The Morgan fingerprint density at radius 1 is 1.19 bits per heavy atom. The number of ether oxygens (including phenoxy) is 1. The summed E-state index contributed by atoms with van der Waals surface area (Å²) in [6.07, 6.45) is 1.22. The molecule has 1 aliphatic rings. The van der Waals surface area contributed by atoms with Crippen molar-refractivity contribution in [2.75, 3.05) is 19.7 Å². The summed E-state index contributed by atoms with van der Waals surface area (Å²) in [4.78, 5) is 12.9. The number of benzene rings is 2. The summed E-state index contributed by atoms with van der Waals surface area (Å²) in [6, 6.07) is 11.6. The van der Waals surface area contributed by atoms with Crippen LogP contribution in [0.3, 0.4) is 0 Å². The van der Waals surface area contributed by atoms with Crippen LogP contribution in [-0.2, 0) is 14.8 Å². The first-order chi connectivity index (χ1) is 14.7. The van der Waals surface area contributed by atoms with Crippen molar-refractivity contribution in [1.82, 2.24) is 9.62 Å². The van der Waals surface area contributed by atoms with E-state index < -0.39 is 15.9 Å². The number of carbonyl (C=O) groups is 1. The monoisotopic (exact) mass is 484 g/mol. The molecule has 31 heavy (non-hydrogen) atoms. The van der Waals surface area contributed by atoms with Crippen LogP contribution in [-0.4, -0.2) is 38.3 Å². The molecule has 0 unspecified atom stereocenters. The summed E-state index contributed by atoms with van der Waals surface area (Å²) in [5, 5.41) is 3.93. The Kier molecular flexibility index (Phi) is 7.86. The predicted molar refractivity (Wildman–Crippen MR) is 122 cm³/mol. The lowest BCUT2D eigenvalue weighted by molar-refractivity contribution is -0.126. The zero-order chi connectivity index (χ0) is 22.6. The first-order valence-electron chi connectivity index (χ1n) is 10.2. The van der Waals surface area contributed by atoms with Gasteiger partial charge < -0.3 is 10.1 Å². The van der Waals surface area contributed by atoms with Crippen LogP contribution >= 0.6 is 23.2 Å². The number of nitrogens with one attached hydrogen (secondary N) is 1. The van der Waals surface area contributed by atoms with Crippen molar-refractivity contribution in [2.45, 2.75) is 37.6 Å². The molecule has 0 aromatic heterocycles. The van der Waals surface area contributed by atoms with Crippen LogP contribution in [0.2, 0.25) is 10.0 Å². The minimum Gasteiger partial charge on any atom is -0.492 e. The summed E-state index contributed by atoms with van der Waals surface area (Å²) in [5.74, 6) is -0.346. The van der Waals surface area contributed by atoms with E-state index in [-0.39, 0.29) is 29.1 Å². The number of nitrogens with zero attached hydrogens (tertiary/aromatic N) is 1. The van der Waals surface area contributed by atoms with Crippen LogP contribution in [0.1, 0.15) is 38.3 Å². The van der Waals surface area contributed by atoms with Gasteiger partial charge in [-0.3, -0.25) is 4.79 Å². The van der Waals surface area contributed by atoms with Gasteiger partial charge in [0.1, 0.15) is 10.6 Å². The highest BCUT2D eigenvalue weighted by molar-refractivity contribution is 7.89. The molecule has 168 valence electrons. The number of amides is 1. The minimum absolute atomic E-state index is 0.0254. The largest absolute Gasteiger partial charge is 0.492 e. The molecule has 0 saturated carbocycles. The first-order valence-corrected chi connectivity index (χ1v) is 12.4. The molecule has 1 amide bonds. The van der Waals surface area contributed by atoms with Gasteiger partial charge >= 0.3 is 0 Å². The number of sulfonamides is 1. The highest BCUT2D eigenvalue weighted by Gasteiger charge is 2.35. The molecular weight excluding hydrogens is 459 g/mol. The van der Waals surface area contributed by atoms with Crippen LogP contribution in [0.5, 0.6) is 5.75 Å². The molecule has 2 aromatic rings. The Morgan fingerprint density at radius 3 is 2.55 bits per heavy atom. The molecule has 2 atom stereocenters. The highest BCUT2D eigenvalue weighted by atomic mass is 35.5. The number of hydrogen-bond acceptors (Lipinski definition) is 4. The van der Waals surface area contributed by atoms with Gasteiger partial charge in [-0.25, -0.2) is 8.42 Å². The maximum atomic E-state index is 13.3. The standard InChI is InChI=1S/C22H26Cl2N2O4S/c1-3-30-20-11-10-19(24)13-21(20)31(28,29)26-12-4-5-17(14-26)22(27)25-15(2)16-6-8-18(23)9-7-16/h6-11,13,15,17H,3-5,12,14H2,1-2H3,(H,25,27)/t15-,17+/m1/s1. The summed E-state index contributed by atoms with van der Waals surface area (Å²) in [7, 11) is -3.86. The van der Waals surface area contributed by atoms with Crippen LogP contribution < -0.4 is 10.1 Å². The fraction of sp³-hybridized carbons (Fsp3) is 0.409. The summed E-state index contributed by atoms with van der Waals surface area (Å²) >= 11 is 12.0. The minimum atomic E-state index is -3.86. The van der Waals surface area contributed by atoms with Crippen LogP contribution in [0.15, 0.2) is 47.4 Å². The van der Waals surface area contributed by atoms with E-state index in [9.17, 15) is 13.2 Å². The molecule has 1 saturated heterocycles. The summed E-state index contributed by atoms with van der Waals surface area (Å²) in [5.41, 5.74) is 0.929. The number of rotatable bonds is 7. The van der Waals surface area contributed by atoms with Gasteiger partial charge in [-0.1, -0.05) is 35.3 Å². The molecular formula is C22H26Cl2N2O4S. The molecule has 1 aliphatic heterocycles. The molecule has 0 radical (unpaired) electrons. The van der Waals surface area contributed by atoms with Crippen molar-refractivity contribution in [2.24, 2.45) is 5.92 Å². The lowest BCUT2D eigenvalue weighted by Gasteiger charge is -2.32. The third-order valence-electron chi connectivity index (χ3n) is 5.31. The molecule has 3 rings (SSSR count). The zero-order valence-corrected chi connectivity index (χ0v) is 19.8. The predicted octanol–water partition coefficient (Wildman–Crippen LogP) is 4.67. The van der Waals surface area contributed by atoms with Gasteiger partial charge in [0.2, 0.25) is 15.9 Å². The maximum Gasteiger partial charge on any atom is 0.246 e. The Balaban J connectivity index is 1.74. The third-order valence-corrected chi connectivity index (χ3v) is 7.68. The van der Waals surface area contributed by atoms with E-state index in [0.717, 1.165) is 5.56 Å². The van der Waals surface area contributed by atoms with E-state index in [1.165, 1.54) is 10.4 Å². The van der Waals surface area contributed by atoms with Gasteiger partial charge in [-0.05, 0) is 62.6 Å². The molecule has 1 heterocycles. The van der Waals surface area contributed by atoms with Gasteiger partial charge in [0, 0.05) is 23.1 Å². The molecule has 1 N–H and O–H groups in total. The third kappa shape index (κ3) is 5.71. The van der Waals surface area contributed by atoms with Crippen molar-refractivity contribution < 1.29 is 17.9 Å². The van der Waals surface area contributed by atoms with Crippen LogP contribution in [0, 0.1) is 5.92 Å². The highest BCUT2D eigenvalue weighted by Crippen LogP contribution is 2.32. The fourth-order valence-corrected chi connectivity index (χ4v) is 5.68. The summed E-state index contributed by atoms with van der Waals surface area (Å²) < 4.78 is 33.5. The van der Waals surface area contributed by atoms with Crippen molar-refractivity contribution in [3.05, 3.63) is 58.1 Å². The number of hydrogen-bond donors (Lipinski definition) is 1. The molecule has 0 aliphatic carbocycles. The fourth-order valence-electron chi connectivity index (χ4n) is 3.64. The lowest BCUT2D eigenvalue weighted by Crippen LogP contribution is -2.45. The second-order valence-electron chi connectivity index (χ2n) is 7.51. The quantitative estimate of drug-likeness (QED) is 0.619. The van der Waals surface area contributed by atoms with E-state index in [1.807, 2.05) is 19.1 Å². The van der Waals surface area contributed by atoms with E-state index in [2.05, 4.69) is 5.32 Å². The Hall–Kier alpha value is -1.80. The normalized spacial score (nSPS) is 18.4. The Bertz CT molecular complexity index is 1030. The number of halogens is 2. The van der Waals surface area contributed by atoms with E-state index >= 15 is 0 Å². The van der Waals surface area contributed by atoms with Gasteiger partial charge in [-0.15, -0.1) is 0 Å². The lowest BCUT2D eigenvalue weighted by atomic mass is 9.98. The molecule has 9 heteroatoms. The second-order valence-corrected chi connectivity index (χ2v) is 10.3. The summed E-state index contributed by atoms with van der Waals surface area (Å²) in [6.45, 7) is 4.46. The van der Waals surface area contributed by atoms with Gasteiger partial charge in [0.25, 0.3) is 0 Å². The van der Waals surface area contributed by atoms with Crippen molar-refractivity contribution in [3.63, 3.8) is 0 Å². The Labute approximate surface area is 193 Å². The number of piperidine rings is 1. The zero-order valence-electron chi connectivity index (χ0n) is 17.5. The molecule has 6 nitrogen and oxygen atoms in total. The van der Waals surface area contributed by atoms with Crippen LogP contribution in [0.4, 0.5) is 0 Å². The van der Waals surface area contributed by atoms with Crippen LogP contribution in [0.25, 0.3) is 0 Å². The second kappa shape index (κ2) is 10.2. The van der Waals surface area contributed by atoms with E-state index in [0.29, 0.717) is 36.0 Å². The SMILES string of the molecule is CCOc1ccc(Cl)cc1S(=O)(=O)N1CCC[C@H](C(=O)N[C@H](C)c2ccc(Cl)cc2)C1. The number of carbonyl (C=O) groups excluding carboxylic acids is 1. The maximum absolute atomic E-state index is 13.3. The van der Waals surface area contributed by atoms with Gasteiger partial charge in [0.15, 0.2) is 0 Å². The van der Waals surface area contributed by atoms with Crippen molar-refractivity contribution in [1.29, 1.82) is 0 Å². The van der Waals surface area contributed by atoms with Crippen molar-refractivity contribution in [3.8, 4) is 5.75 Å². The van der Waals surface area contributed by atoms with E-state index in [4.69, 9.17) is 27.9 Å². The smallest absolute Gasteiger partial charge is 0.246 e. The van der Waals surface area contributed by atoms with E-state index in [1.54, 1.807) is 31.2 Å². The Morgan fingerprint density at radius 2 is 1.87 bits per heavy atom. The molecule has 2 aromatic carbocycles. The molecule has 0 bridgehead atoms.